The SMILES string of the molecule is CC1(c2ccccc2Cl)NC(=O)N(Cc2ccc(F)cc2Br)C1=O. The van der Waals surface area contributed by atoms with Crippen LogP contribution in [-0.4, -0.2) is 16.8 Å². The van der Waals surface area contributed by atoms with Gasteiger partial charge >= 0.3 is 6.03 Å². The van der Waals surface area contributed by atoms with E-state index in [1.54, 1.807) is 31.2 Å². The Kier molecular flexibility index (Phi) is 4.36. The molecule has 0 aliphatic carbocycles. The van der Waals surface area contributed by atoms with Gasteiger partial charge in [-0.15, -0.1) is 0 Å². The van der Waals surface area contributed by atoms with Crippen LogP contribution in [0.3, 0.4) is 0 Å². The zero-order valence-electron chi connectivity index (χ0n) is 12.6. The highest BCUT2D eigenvalue weighted by molar-refractivity contribution is 9.10. The fraction of sp³-hybridized carbons (Fsp3) is 0.176. The van der Waals surface area contributed by atoms with Crippen molar-refractivity contribution in [2.45, 2.75) is 19.0 Å². The van der Waals surface area contributed by atoms with E-state index in [4.69, 9.17) is 11.6 Å². The number of carbonyl (C=O) groups excluding carboxylic acids is 2. The molecule has 1 N–H and O–H groups in total. The van der Waals surface area contributed by atoms with Crippen molar-refractivity contribution in [3.63, 3.8) is 0 Å². The number of imide groups is 1. The Morgan fingerprint density at radius 1 is 1.25 bits per heavy atom. The number of halogens is 3. The normalized spacial score (nSPS) is 20.4. The lowest BCUT2D eigenvalue weighted by atomic mass is 9.92. The predicted molar refractivity (Wildman–Crippen MR) is 92.0 cm³/mol. The van der Waals surface area contributed by atoms with Crippen LogP contribution in [-0.2, 0) is 16.9 Å². The summed E-state index contributed by atoms with van der Waals surface area (Å²) in [5.41, 5.74) is -0.0731. The number of amides is 3. The smallest absolute Gasteiger partial charge is 0.319 e. The van der Waals surface area contributed by atoms with Gasteiger partial charge in [0, 0.05) is 15.1 Å². The molecule has 2 aromatic carbocycles. The summed E-state index contributed by atoms with van der Waals surface area (Å²) < 4.78 is 13.7. The molecule has 0 saturated carbocycles. The molecule has 3 rings (SSSR count). The van der Waals surface area contributed by atoms with Crippen LogP contribution < -0.4 is 5.32 Å². The Morgan fingerprint density at radius 3 is 2.62 bits per heavy atom. The Balaban J connectivity index is 1.93. The van der Waals surface area contributed by atoms with Gasteiger partial charge in [-0.25, -0.2) is 9.18 Å². The van der Waals surface area contributed by atoms with Gasteiger partial charge in [0.1, 0.15) is 11.4 Å². The second-order valence-corrected chi connectivity index (χ2v) is 6.92. The quantitative estimate of drug-likeness (QED) is 0.769. The van der Waals surface area contributed by atoms with E-state index < -0.39 is 23.3 Å². The maximum atomic E-state index is 13.2. The number of rotatable bonds is 3. The van der Waals surface area contributed by atoms with Crippen LogP contribution in [0.5, 0.6) is 0 Å². The third-order valence-electron chi connectivity index (χ3n) is 4.03. The third kappa shape index (κ3) is 2.80. The highest BCUT2D eigenvalue weighted by Gasteiger charge is 2.49. The van der Waals surface area contributed by atoms with E-state index >= 15 is 0 Å². The molecular weight excluding hydrogens is 399 g/mol. The molecule has 1 unspecified atom stereocenters. The van der Waals surface area contributed by atoms with Crippen LogP contribution >= 0.6 is 27.5 Å². The molecule has 1 aliphatic heterocycles. The average Bonchev–Trinajstić information content (AvgIpc) is 2.74. The molecule has 1 fully saturated rings. The van der Waals surface area contributed by atoms with E-state index in [1.165, 1.54) is 18.2 Å². The van der Waals surface area contributed by atoms with Crippen LogP contribution in [0, 0.1) is 5.82 Å². The maximum Gasteiger partial charge on any atom is 0.325 e. The van der Waals surface area contributed by atoms with E-state index in [0.29, 0.717) is 20.6 Å². The average molecular weight is 412 g/mol. The molecule has 0 spiro atoms. The van der Waals surface area contributed by atoms with Crippen molar-refractivity contribution in [1.82, 2.24) is 10.2 Å². The fourth-order valence-corrected chi connectivity index (χ4v) is 3.51. The Hall–Kier alpha value is -1.92. The number of hydrogen-bond donors (Lipinski definition) is 1. The van der Waals surface area contributed by atoms with Gasteiger partial charge in [-0.1, -0.05) is 51.8 Å². The molecule has 4 nitrogen and oxygen atoms in total. The Labute approximate surface area is 151 Å². The van der Waals surface area contributed by atoms with Crippen molar-refractivity contribution in [3.05, 3.63) is 68.9 Å². The molecule has 124 valence electrons. The van der Waals surface area contributed by atoms with Crippen LogP contribution in [0.25, 0.3) is 0 Å². The Bertz CT molecular complexity index is 845. The lowest BCUT2D eigenvalue weighted by Gasteiger charge is -2.23. The van der Waals surface area contributed by atoms with Crippen molar-refractivity contribution in [2.24, 2.45) is 0 Å². The highest BCUT2D eigenvalue weighted by atomic mass is 79.9. The summed E-state index contributed by atoms with van der Waals surface area (Å²) in [4.78, 5) is 26.3. The molecule has 3 amide bonds. The van der Waals surface area contributed by atoms with E-state index in [1.807, 2.05) is 0 Å². The van der Waals surface area contributed by atoms with Crippen molar-refractivity contribution >= 4 is 39.5 Å². The van der Waals surface area contributed by atoms with Crippen LogP contribution in [0.2, 0.25) is 5.02 Å². The topological polar surface area (TPSA) is 49.4 Å². The minimum Gasteiger partial charge on any atom is -0.319 e. The van der Waals surface area contributed by atoms with Gasteiger partial charge in [0.15, 0.2) is 0 Å². The summed E-state index contributed by atoms with van der Waals surface area (Å²) in [6.07, 6.45) is 0. The lowest BCUT2D eigenvalue weighted by Crippen LogP contribution is -2.41. The summed E-state index contributed by atoms with van der Waals surface area (Å²) in [5, 5.41) is 3.10. The standard InChI is InChI=1S/C17H13BrClFN2O2/c1-17(12-4-2-3-5-14(12)19)15(23)22(16(24)21-17)9-10-6-7-11(20)8-13(10)18/h2-8H,9H2,1H3,(H,21,24). The molecule has 0 aromatic heterocycles. The van der Waals surface area contributed by atoms with Crippen molar-refractivity contribution in [3.8, 4) is 0 Å². The molecule has 1 heterocycles. The molecule has 2 aromatic rings. The number of nitrogens with one attached hydrogen (secondary N) is 1. The van der Waals surface area contributed by atoms with Gasteiger partial charge in [-0.05, 0) is 30.7 Å². The first kappa shape index (κ1) is 16.9. The second-order valence-electron chi connectivity index (χ2n) is 5.66. The highest BCUT2D eigenvalue weighted by Crippen LogP contribution is 2.34. The van der Waals surface area contributed by atoms with Crippen molar-refractivity contribution in [2.75, 3.05) is 0 Å². The number of benzene rings is 2. The number of hydrogen-bond acceptors (Lipinski definition) is 2. The minimum atomic E-state index is -1.23. The van der Waals surface area contributed by atoms with E-state index in [0.717, 1.165) is 4.90 Å². The summed E-state index contributed by atoms with van der Waals surface area (Å²) >= 11 is 9.43. The molecule has 7 heteroatoms. The monoisotopic (exact) mass is 410 g/mol. The van der Waals surface area contributed by atoms with Gasteiger partial charge in [0.05, 0.1) is 6.54 Å². The molecule has 0 bridgehead atoms. The number of carbonyl (C=O) groups is 2. The van der Waals surface area contributed by atoms with Crippen molar-refractivity contribution < 1.29 is 14.0 Å². The molecule has 1 aliphatic rings. The summed E-state index contributed by atoms with van der Waals surface area (Å²) in [6.45, 7) is 1.65. The van der Waals surface area contributed by atoms with Gasteiger partial charge in [-0.2, -0.15) is 0 Å². The van der Waals surface area contributed by atoms with Gasteiger partial charge in [0.25, 0.3) is 5.91 Å². The first-order valence-electron chi connectivity index (χ1n) is 7.16. The lowest BCUT2D eigenvalue weighted by molar-refractivity contribution is -0.131. The number of nitrogens with zero attached hydrogens (tertiary/aromatic N) is 1. The largest absolute Gasteiger partial charge is 0.325 e. The van der Waals surface area contributed by atoms with E-state index in [-0.39, 0.29) is 6.54 Å². The Morgan fingerprint density at radius 2 is 1.96 bits per heavy atom. The summed E-state index contributed by atoms with van der Waals surface area (Å²) in [7, 11) is 0. The predicted octanol–water partition coefficient (Wildman–Crippen LogP) is 4.21. The minimum absolute atomic E-state index is 0.0333. The van der Waals surface area contributed by atoms with Crippen LogP contribution in [0.4, 0.5) is 9.18 Å². The maximum absolute atomic E-state index is 13.2. The number of urea groups is 1. The summed E-state index contributed by atoms with van der Waals surface area (Å²) in [6, 6.07) is 10.5. The zero-order valence-corrected chi connectivity index (χ0v) is 15.0. The van der Waals surface area contributed by atoms with Gasteiger partial charge in [0.2, 0.25) is 0 Å². The van der Waals surface area contributed by atoms with Gasteiger partial charge < -0.3 is 5.32 Å². The zero-order chi connectivity index (χ0) is 17.5. The second kappa shape index (κ2) is 6.18. The third-order valence-corrected chi connectivity index (χ3v) is 5.10. The molecule has 1 saturated heterocycles. The molecule has 0 radical (unpaired) electrons. The molecule has 24 heavy (non-hydrogen) atoms. The van der Waals surface area contributed by atoms with Crippen LogP contribution in [0.1, 0.15) is 18.1 Å². The first-order valence-corrected chi connectivity index (χ1v) is 8.33. The van der Waals surface area contributed by atoms with Crippen LogP contribution in [0.15, 0.2) is 46.9 Å². The van der Waals surface area contributed by atoms with Crippen molar-refractivity contribution in [1.29, 1.82) is 0 Å². The fourth-order valence-electron chi connectivity index (χ4n) is 2.71. The molecular formula is C17H13BrClFN2O2. The first-order chi connectivity index (χ1) is 11.3. The molecule has 1 atom stereocenters. The summed E-state index contributed by atoms with van der Waals surface area (Å²) in [5.74, 6) is -0.805. The van der Waals surface area contributed by atoms with Gasteiger partial charge in [-0.3, -0.25) is 9.69 Å². The van der Waals surface area contributed by atoms with E-state index in [9.17, 15) is 14.0 Å². The van der Waals surface area contributed by atoms with E-state index in [2.05, 4.69) is 21.2 Å².